The third kappa shape index (κ3) is 2.69. The predicted molar refractivity (Wildman–Crippen MR) is 133 cm³/mol. The maximum absolute atomic E-state index is 12.8. The zero-order chi connectivity index (χ0) is 24.2. The minimum atomic E-state index is -0.677. The van der Waals surface area contributed by atoms with Crippen LogP contribution in [0, 0.1) is 44.8 Å². The summed E-state index contributed by atoms with van der Waals surface area (Å²) in [6.07, 6.45) is 11.3. The van der Waals surface area contributed by atoms with Gasteiger partial charge in [0.05, 0.1) is 11.5 Å². The van der Waals surface area contributed by atoms with Crippen LogP contribution in [0.5, 0.6) is 0 Å². The first-order chi connectivity index (χ1) is 15.3. The highest BCUT2D eigenvalue weighted by atomic mass is 16.4. The summed E-state index contributed by atoms with van der Waals surface area (Å²) in [6.45, 7) is 16.7. The molecule has 0 heterocycles. The van der Waals surface area contributed by atoms with Crippen LogP contribution in [0.2, 0.25) is 0 Å². The molecule has 0 radical (unpaired) electrons. The molecule has 0 saturated heterocycles. The lowest BCUT2D eigenvalue weighted by atomic mass is 9.34. The molecular weight excluding hydrogens is 408 g/mol. The van der Waals surface area contributed by atoms with E-state index in [2.05, 4.69) is 54.5 Å². The summed E-state index contributed by atoms with van der Waals surface area (Å²) in [4.78, 5) is 12.8. The van der Waals surface area contributed by atoms with Crippen LogP contribution in [0.25, 0.3) is 0 Å². The van der Waals surface area contributed by atoms with E-state index in [4.69, 9.17) is 0 Å². The van der Waals surface area contributed by atoms with Gasteiger partial charge in [0.1, 0.15) is 0 Å². The van der Waals surface area contributed by atoms with Gasteiger partial charge in [0.15, 0.2) is 0 Å². The van der Waals surface area contributed by atoms with Crippen LogP contribution in [0.4, 0.5) is 0 Å². The highest BCUT2D eigenvalue weighted by Gasteiger charge is 2.68. The monoisotopic (exact) mass is 454 g/mol. The van der Waals surface area contributed by atoms with Crippen molar-refractivity contribution >= 4 is 5.97 Å². The maximum atomic E-state index is 12.8. The van der Waals surface area contributed by atoms with Crippen molar-refractivity contribution in [3.05, 3.63) is 22.8 Å². The van der Waals surface area contributed by atoms with Crippen LogP contribution in [0.15, 0.2) is 22.8 Å². The number of hydrogen-bond acceptors (Lipinski definition) is 2. The van der Waals surface area contributed by atoms with Crippen LogP contribution in [-0.2, 0) is 4.79 Å². The smallest absolute Gasteiger partial charge is 0.314 e. The molecule has 0 aromatic heterocycles. The summed E-state index contributed by atoms with van der Waals surface area (Å²) in [5, 5.41) is 21.4. The van der Waals surface area contributed by atoms with Gasteiger partial charge in [0, 0.05) is 0 Å². The molecule has 3 saturated carbocycles. The summed E-state index contributed by atoms with van der Waals surface area (Å²) in [5.41, 5.74) is 3.65. The molecule has 0 aromatic rings. The number of aliphatic hydroxyl groups is 1. The van der Waals surface area contributed by atoms with Gasteiger partial charge >= 0.3 is 5.97 Å². The summed E-state index contributed by atoms with van der Waals surface area (Å²) < 4.78 is 0. The molecule has 33 heavy (non-hydrogen) atoms. The van der Waals surface area contributed by atoms with E-state index in [1.165, 1.54) is 29.6 Å². The van der Waals surface area contributed by atoms with Gasteiger partial charge < -0.3 is 10.2 Å². The minimum Gasteiger partial charge on any atom is -0.481 e. The standard InChI is InChI=1S/C30H46O3/c1-18-10-15-30(25(32)33)17-16-28(6)20(24(30)19(18)2)8-9-22-27(5)13-12-23(31)26(3,4)21(27)11-14-29(22,28)7/h8,18,21-23,31H,9-17H2,1-7H3,(H,32,33)/t18-,21?,22+,23-,27-,28+,29+,30-/m1/s1. The van der Waals surface area contributed by atoms with E-state index in [9.17, 15) is 15.0 Å². The molecule has 0 aromatic carbocycles. The Kier molecular flexibility index (Phi) is 5.01. The molecule has 0 amide bonds. The van der Waals surface area contributed by atoms with Crippen LogP contribution in [0.3, 0.4) is 0 Å². The topological polar surface area (TPSA) is 57.5 Å². The number of hydrogen-bond donors (Lipinski definition) is 2. The molecule has 3 nitrogen and oxygen atoms in total. The number of aliphatic hydroxyl groups excluding tert-OH is 1. The Morgan fingerprint density at radius 1 is 0.939 bits per heavy atom. The van der Waals surface area contributed by atoms with Gasteiger partial charge in [-0.15, -0.1) is 0 Å². The van der Waals surface area contributed by atoms with Gasteiger partial charge in [-0.1, -0.05) is 53.2 Å². The van der Waals surface area contributed by atoms with Gasteiger partial charge in [-0.2, -0.15) is 0 Å². The predicted octanol–water partition coefficient (Wildman–Crippen LogP) is 7.15. The second kappa shape index (κ2) is 6.99. The molecule has 5 rings (SSSR count). The number of carboxylic acids is 1. The summed E-state index contributed by atoms with van der Waals surface area (Å²) in [6, 6.07) is 0. The van der Waals surface area contributed by atoms with Crippen molar-refractivity contribution in [2.24, 2.45) is 44.8 Å². The fraction of sp³-hybridized carbons (Fsp3) is 0.833. The molecule has 3 heteroatoms. The molecule has 5 aliphatic carbocycles. The molecule has 1 unspecified atom stereocenters. The Morgan fingerprint density at radius 3 is 2.30 bits per heavy atom. The normalized spacial score (nSPS) is 51.0. The van der Waals surface area contributed by atoms with E-state index in [1.54, 1.807) is 0 Å². The Bertz CT molecular complexity index is 942. The maximum Gasteiger partial charge on any atom is 0.314 e. The Labute approximate surface area is 201 Å². The van der Waals surface area contributed by atoms with Crippen LogP contribution in [0.1, 0.15) is 106 Å². The average molecular weight is 455 g/mol. The highest BCUT2D eigenvalue weighted by Crippen LogP contribution is 2.75. The van der Waals surface area contributed by atoms with Crippen molar-refractivity contribution < 1.29 is 15.0 Å². The lowest BCUT2D eigenvalue weighted by Gasteiger charge is -2.70. The van der Waals surface area contributed by atoms with E-state index in [-0.39, 0.29) is 27.8 Å². The fourth-order valence-electron chi connectivity index (χ4n) is 10.2. The molecule has 0 aliphatic heterocycles. The van der Waals surface area contributed by atoms with Gasteiger partial charge in [-0.25, -0.2) is 0 Å². The Balaban J connectivity index is 1.65. The Hall–Kier alpha value is -1.09. The molecular formula is C30H46O3. The van der Waals surface area contributed by atoms with Crippen molar-refractivity contribution in [2.75, 3.05) is 0 Å². The van der Waals surface area contributed by atoms with E-state index in [0.717, 1.165) is 44.9 Å². The summed E-state index contributed by atoms with van der Waals surface area (Å²) in [5.74, 6) is 0.999. The number of carboxylic acid groups (broad SMARTS) is 1. The fourth-order valence-corrected chi connectivity index (χ4v) is 10.2. The second-order valence-electron chi connectivity index (χ2n) is 14.0. The number of aliphatic carboxylic acids is 1. The SMILES string of the molecule is CC1=C2C3=CC[C@@H]4[C@](C)(CCC5C(C)(C)[C@H](O)CC[C@]54C)[C@@]3(C)CC[C@]2(C(=O)O)CC[C@H]1C. The van der Waals surface area contributed by atoms with Crippen LogP contribution in [-0.4, -0.2) is 22.3 Å². The molecule has 2 N–H and O–H groups in total. The third-order valence-electron chi connectivity index (χ3n) is 12.8. The van der Waals surface area contributed by atoms with Crippen molar-refractivity contribution in [1.29, 1.82) is 0 Å². The van der Waals surface area contributed by atoms with E-state index in [0.29, 0.717) is 17.8 Å². The Morgan fingerprint density at radius 2 is 1.64 bits per heavy atom. The number of allylic oxidation sites excluding steroid dienone is 3. The van der Waals surface area contributed by atoms with Gasteiger partial charge in [-0.3, -0.25) is 4.79 Å². The van der Waals surface area contributed by atoms with Crippen LogP contribution >= 0.6 is 0 Å². The van der Waals surface area contributed by atoms with Crippen molar-refractivity contribution in [2.45, 2.75) is 112 Å². The molecule has 0 bridgehead atoms. The number of rotatable bonds is 1. The van der Waals surface area contributed by atoms with E-state index >= 15 is 0 Å². The first kappa shape index (κ1) is 23.6. The largest absolute Gasteiger partial charge is 0.481 e. The van der Waals surface area contributed by atoms with Gasteiger partial charge in [0.2, 0.25) is 0 Å². The number of carbonyl (C=O) groups is 1. The van der Waals surface area contributed by atoms with E-state index < -0.39 is 11.4 Å². The molecule has 5 aliphatic rings. The van der Waals surface area contributed by atoms with Crippen molar-refractivity contribution in [1.82, 2.24) is 0 Å². The molecule has 3 fully saturated rings. The molecule has 184 valence electrons. The van der Waals surface area contributed by atoms with Gasteiger partial charge in [0.25, 0.3) is 0 Å². The lowest BCUT2D eigenvalue weighted by Crippen LogP contribution is -2.64. The minimum absolute atomic E-state index is 0.0245. The zero-order valence-electron chi connectivity index (χ0n) is 22.1. The molecule has 0 spiro atoms. The van der Waals surface area contributed by atoms with Gasteiger partial charge in [-0.05, 0) is 115 Å². The first-order valence-corrected chi connectivity index (χ1v) is 13.6. The molecule has 8 atom stereocenters. The van der Waals surface area contributed by atoms with Crippen molar-refractivity contribution in [3.63, 3.8) is 0 Å². The van der Waals surface area contributed by atoms with Crippen molar-refractivity contribution in [3.8, 4) is 0 Å². The lowest BCUT2D eigenvalue weighted by molar-refractivity contribution is -0.197. The van der Waals surface area contributed by atoms with Crippen LogP contribution < -0.4 is 0 Å². The quantitative estimate of drug-likeness (QED) is 0.442. The average Bonchev–Trinajstić information content (AvgIpc) is 2.74. The second-order valence-corrected chi connectivity index (χ2v) is 14.0. The third-order valence-corrected chi connectivity index (χ3v) is 12.8. The summed E-state index contributed by atoms with van der Waals surface area (Å²) >= 11 is 0. The summed E-state index contributed by atoms with van der Waals surface area (Å²) in [7, 11) is 0. The zero-order valence-corrected chi connectivity index (χ0v) is 22.1. The first-order valence-electron chi connectivity index (χ1n) is 13.6. The number of fused-ring (bicyclic) bond motifs is 7. The van der Waals surface area contributed by atoms with E-state index in [1.807, 2.05) is 0 Å². The highest BCUT2D eigenvalue weighted by molar-refractivity contribution is 5.82.